The summed E-state index contributed by atoms with van der Waals surface area (Å²) in [5.74, 6) is 1.60. The summed E-state index contributed by atoms with van der Waals surface area (Å²) in [4.78, 5) is 0. The number of halogens is 1. The highest BCUT2D eigenvalue weighted by Crippen LogP contribution is 2.40. The number of hydrogen-bond acceptors (Lipinski definition) is 3. The average Bonchev–Trinajstić information content (AvgIpc) is 2.70. The van der Waals surface area contributed by atoms with Gasteiger partial charge in [-0.25, -0.2) is 0 Å². The summed E-state index contributed by atoms with van der Waals surface area (Å²) >= 11 is 7.60. The van der Waals surface area contributed by atoms with E-state index < -0.39 is 0 Å². The SMILES string of the molecule is Clc1csc2cc3c(cc12)OCO3. The highest BCUT2D eigenvalue weighted by Gasteiger charge is 2.15. The van der Waals surface area contributed by atoms with Crippen LogP contribution in [0.4, 0.5) is 0 Å². The number of thiophene rings is 1. The van der Waals surface area contributed by atoms with E-state index in [0.29, 0.717) is 6.79 Å². The first-order valence-corrected chi connectivity index (χ1v) is 5.07. The molecule has 2 heterocycles. The molecule has 0 spiro atoms. The molecule has 0 fully saturated rings. The molecule has 0 saturated carbocycles. The van der Waals surface area contributed by atoms with Crippen molar-refractivity contribution in [1.82, 2.24) is 0 Å². The molecule has 1 aromatic carbocycles. The van der Waals surface area contributed by atoms with Crippen molar-refractivity contribution in [3.8, 4) is 11.5 Å². The van der Waals surface area contributed by atoms with Crippen molar-refractivity contribution < 1.29 is 9.47 Å². The normalized spacial score (nSPS) is 13.9. The number of fused-ring (bicyclic) bond motifs is 2. The van der Waals surface area contributed by atoms with Crippen molar-refractivity contribution in [1.29, 1.82) is 0 Å². The standard InChI is InChI=1S/C9H5ClO2S/c10-6-3-13-9-2-8-7(1-5(6)9)11-4-12-8/h1-3H,4H2. The molecule has 0 saturated heterocycles. The Morgan fingerprint density at radius 3 is 2.85 bits per heavy atom. The van der Waals surface area contributed by atoms with Gasteiger partial charge in [-0.1, -0.05) is 11.6 Å². The summed E-state index contributed by atoms with van der Waals surface area (Å²) in [5.41, 5.74) is 0. The van der Waals surface area contributed by atoms with E-state index in [1.807, 2.05) is 17.5 Å². The number of ether oxygens (including phenoxy) is 2. The summed E-state index contributed by atoms with van der Waals surface area (Å²) in [6, 6.07) is 3.89. The third-order valence-electron chi connectivity index (χ3n) is 2.02. The van der Waals surface area contributed by atoms with E-state index >= 15 is 0 Å². The fourth-order valence-electron chi connectivity index (χ4n) is 1.39. The van der Waals surface area contributed by atoms with E-state index in [9.17, 15) is 0 Å². The van der Waals surface area contributed by atoms with E-state index in [4.69, 9.17) is 21.1 Å². The monoisotopic (exact) mass is 212 g/mol. The Bertz CT molecular complexity index is 478. The second-order valence-electron chi connectivity index (χ2n) is 2.79. The van der Waals surface area contributed by atoms with Crippen LogP contribution in [0.15, 0.2) is 17.5 Å². The lowest BCUT2D eigenvalue weighted by molar-refractivity contribution is 0.174. The summed E-state index contributed by atoms with van der Waals surface area (Å²) in [5, 5.41) is 3.73. The van der Waals surface area contributed by atoms with Gasteiger partial charge in [0.25, 0.3) is 0 Å². The third kappa shape index (κ3) is 1.01. The van der Waals surface area contributed by atoms with Crippen molar-refractivity contribution in [3.05, 3.63) is 22.5 Å². The number of rotatable bonds is 0. The quantitative estimate of drug-likeness (QED) is 0.667. The first-order valence-electron chi connectivity index (χ1n) is 3.81. The Morgan fingerprint density at radius 1 is 1.23 bits per heavy atom. The molecule has 13 heavy (non-hydrogen) atoms. The molecule has 1 aromatic heterocycles. The average molecular weight is 213 g/mol. The van der Waals surface area contributed by atoms with Crippen LogP contribution in [0.1, 0.15) is 0 Å². The van der Waals surface area contributed by atoms with Gasteiger partial charge in [0, 0.05) is 21.5 Å². The largest absolute Gasteiger partial charge is 0.454 e. The van der Waals surface area contributed by atoms with Gasteiger partial charge >= 0.3 is 0 Å². The maximum atomic E-state index is 5.99. The maximum absolute atomic E-state index is 5.99. The molecule has 0 bridgehead atoms. The van der Waals surface area contributed by atoms with E-state index in [1.54, 1.807) is 11.3 Å². The van der Waals surface area contributed by atoms with Crippen LogP contribution in [-0.4, -0.2) is 6.79 Å². The zero-order chi connectivity index (χ0) is 8.84. The minimum absolute atomic E-state index is 0.310. The van der Waals surface area contributed by atoms with E-state index in [-0.39, 0.29) is 0 Å². The summed E-state index contributed by atoms with van der Waals surface area (Å²) in [6.07, 6.45) is 0. The lowest BCUT2D eigenvalue weighted by Gasteiger charge is -1.95. The van der Waals surface area contributed by atoms with Gasteiger partial charge in [0.1, 0.15) is 0 Å². The summed E-state index contributed by atoms with van der Waals surface area (Å²) in [6.45, 7) is 0.310. The third-order valence-corrected chi connectivity index (χ3v) is 3.41. The highest BCUT2D eigenvalue weighted by molar-refractivity contribution is 7.17. The Morgan fingerprint density at radius 2 is 2.00 bits per heavy atom. The molecule has 0 aliphatic carbocycles. The molecular weight excluding hydrogens is 208 g/mol. The molecule has 0 N–H and O–H groups in total. The van der Waals surface area contributed by atoms with Crippen LogP contribution in [0.5, 0.6) is 11.5 Å². The first kappa shape index (κ1) is 7.47. The van der Waals surface area contributed by atoms with Gasteiger partial charge < -0.3 is 9.47 Å². The predicted octanol–water partition coefficient (Wildman–Crippen LogP) is 3.28. The van der Waals surface area contributed by atoms with Crippen LogP contribution in [0.3, 0.4) is 0 Å². The Labute approximate surface area is 83.6 Å². The van der Waals surface area contributed by atoms with E-state index in [1.165, 1.54) is 0 Å². The van der Waals surface area contributed by atoms with Gasteiger partial charge in [-0.3, -0.25) is 0 Å². The van der Waals surface area contributed by atoms with Crippen molar-refractivity contribution in [2.24, 2.45) is 0 Å². The van der Waals surface area contributed by atoms with Crippen molar-refractivity contribution >= 4 is 33.0 Å². The number of hydrogen-bond donors (Lipinski definition) is 0. The number of benzene rings is 1. The molecule has 2 nitrogen and oxygen atoms in total. The molecule has 66 valence electrons. The Hall–Kier alpha value is -0.930. The Kier molecular flexibility index (Phi) is 1.45. The molecular formula is C9H5ClO2S. The van der Waals surface area contributed by atoms with Gasteiger partial charge in [0.05, 0.1) is 5.02 Å². The van der Waals surface area contributed by atoms with Crippen LogP contribution in [0, 0.1) is 0 Å². The molecule has 0 unspecified atom stereocenters. The van der Waals surface area contributed by atoms with Crippen LogP contribution < -0.4 is 9.47 Å². The zero-order valence-corrected chi connectivity index (χ0v) is 8.11. The highest BCUT2D eigenvalue weighted by atomic mass is 35.5. The van der Waals surface area contributed by atoms with Crippen molar-refractivity contribution in [3.63, 3.8) is 0 Å². The molecule has 1 aliphatic rings. The molecule has 0 amide bonds. The molecule has 0 atom stereocenters. The molecule has 1 aliphatic heterocycles. The maximum Gasteiger partial charge on any atom is 0.231 e. The fraction of sp³-hybridized carbons (Fsp3) is 0.111. The second-order valence-corrected chi connectivity index (χ2v) is 4.10. The second kappa shape index (κ2) is 2.53. The Balaban J connectivity index is 2.38. The van der Waals surface area contributed by atoms with Crippen molar-refractivity contribution in [2.45, 2.75) is 0 Å². The summed E-state index contributed by atoms with van der Waals surface area (Å²) < 4.78 is 11.6. The molecule has 2 aromatic rings. The van der Waals surface area contributed by atoms with Gasteiger partial charge in [0.2, 0.25) is 6.79 Å². The molecule has 4 heteroatoms. The van der Waals surface area contributed by atoms with Crippen molar-refractivity contribution in [2.75, 3.05) is 6.79 Å². The lowest BCUT2D eigenvalue weighted by atomic mass is 10.2. The van der Waals surface area contributed by atoms with Crippen LogP contribution >= 0.6 is 22.9 Å². The van der Waals surface area contributed by atoms with Crippen LogP contribution in [0.25, 0.3) is 10.1 Å². The molecule has 3 rings (SSSR count). The van der Waals surface area contributed by atoms with E-state index in [0.717, 1.165) is 26.6 Å². The summed E-state index contributed by atoms with van der Waals surface area (Å²) in [7, 11) is 0. The minimum Gasteiger partial charge on any atom is -0.454 e. The fourth-order valence-corrected chi connectivity index (χ4v) is 2.56. The first-order chi connectivity index (χ1) is 6.34. The predicted molar refractivity (Wildman–Crippen MR) is 53.0 cm³/mol. The topological polar surface area (TPSA) is 18.5 Å². The minimum atomic E-state index is 0.310. The van der Waals surface area contributed by atoms with Crippen LogP contribution in [0.2, 0.25) is 5.02 Å². The van der Waals surface area contributed by atoms with Gasteiger partial charge in [-0.15, -0.1) is 11.3 Å². The van der Waals surface area contributed by atoms with Gasteiger partial charge in [-0.2, -0.15) is 0 Å². The molecule has 0 radical (unpaired) electrons. The smallest absolute Gasteiger partial charge is 0.231 e. The van der Waals surface area contributed by atoms with Gasteiger partial charge in [0.15, 0.2) is 11.5 Å². The van der Waals surface area contributed by atoms with E-state index in [2.05, 4.69) is 0 Å². The van der Waals surface area contributed by atoms with Crippen LogP contribution in [-0.2, 0) is 0 Å². The zero-order valence-electron chi connectivity index (χ0n) is 6.54. The lowest BCUT2D eigenvalue weighted by Crippen LogP contribution is -1.92. The van der Waals surface area contributed by atoms with Gasteiger partial charge in [-0.05, 0) is 6.07 Å².